The van der Waals surface area contributed by atoms with Crippen molar-refractivity contribution in [3.8, 4) is 0 Å². The van der Waals surface area contributed by atoms with Crippen LogP contribution < -0.4 is 16.4 Å². The van der Waals surface area contributed by atoms with E-state index < -0.39 is 65.0 Å². The first-order valence-electron chi connectivity index (χ1n) is 17.0. The second-order valence-corrected chi connectivity index (χ2v) is 14.4. The third kappa shape index (κ3) is 9.56. The number of rotatable bonds is 13. The first-order valence-corrected chi connectivity index (χ1v) is 17.0. The Balaban J connectivity index is 1.59. The summed E-state index contributed by atoms with van der Waals surface area (Å²) in [4.78, 5) is 58.0. The number of halogens is 1. The molecule has 10 nitrogen and oxygen atoms in total. The number of aromatic amines is 1. The van der Waals surface area contributed by atoms with Crippen LogP contribution in [-0.4, -0.2) is 69.4 Å². The summed E-state index contributed by atoms with van der Waals surface area (Å²) < 4.78 is 16.2. The largest absolute Gasteiger partial charge is 0.480 e. The van der Waals surface area contributed by atoms with E-state index in [1.54, 1.807) is 20.0 Å². The number of carboxylic acids is 1. The smallest absolute Gasteiger partial charge is 0.326 e. The van der Waals surface area contributed by atoms with Crippen LogP contribution in [0.4, 0.5) is 4.39 Å². The summed E-state index contributed by atoms with van der Waals surface area (Å²) >= 11 is 0. The Morgan fingerprint density at radius 1 is 1.02 bits per heavy atom. The first kappa shape index (κ1) is 37.3. The molecule has 6 N–H and O–H groups in total. The van der Waals surface area contributed by atoms with Crippen LogP contribution in [0.15, 0.2) is 72.7 Å². The van der Waals surface area contributed by atoms with E-state index in [1.165, 1.54) is 11.0 Å². The van der Waals surface area contributed by atoms with E-state index >= 15 is 4.39 Å². The number of carbonyl (C=O) groups is 4. The monoisotopic (exact) mass is 675 g/mol. The van der Waals surface area contributed by atoms with E-state index in [1.807, 2.05) is 75.4 Å². The molecule has 0 aliphatic carbocycles. The summed E-state index contributed by atoms with van der Waals surface area (Å²) in [5.41, 5.74) is 8.02. The number of piperidine rings is 1. The normalized spacial score (nSPS) is 18.1. The van der Waals surface area contributed by atoms with Gasteiger partial charge in [-0.3, -0.25) is 14.4 Å². The Kier molecular flexibility index (Phi) is 12.4. The molecule has 2 aromatic carbocycles. The molecule has 4 rings (SSSR count). The van der Waals surface area contributed by atoms with E-state index in [0.717, 1.165) is 22.0 Å². The SMILES string of the molecule is CC(C)[C@H](NC(=O)[C@@H](N)C(C)(C)C)/C(F)=C/[C@@H](Cc1ccccc1)C(=O)N1CCCC[C@H]1C(=O)N[C@@H](Cc1c[nH]c2ccccc12)C(=O)O. The molecule has 5 atom stereocenters. The molecular weight excluding hydrogens is 625 g/mol. The van der Waals surface area contributed by atoms with Gasteiger partial charge in [0.2, 0.25) is 17.7 Å². The first-order chi connectivity index (χ1) is 23.2. The molecule has 0 radical (unpaired) electrons. The highest BCUT2D eigenvalue weighted by atomic mass is 19.1. The quantitative estimate of drug-likeness (QED) is 0.174. The van der Waals surface area contributed by atoms with Gasteiger partial charge in [-0.1, -0.05) is 83.1 Å². The van der Waals surface area contributed by atoms with Gasteiger partial charge in [0.1, 0.15) is 17.9 Å². The molecule has 3 aromatic rings. The van der Waals surface area contributed by atoms with Crippen LogP contribution in [0.1, 0.15) is 65.0 Å². The zero-order chi connectivity index (χ0) is 35.9. The van der Waals surface area contributed by atoms with Crippen molar-refractivity contribution >= 4 is 34.6 Å². The van der Waals surface area contributed by atoms with Gasteiger partial charge in [-0.2, -0.15) is 0 Å². The molecule has 0 unspecified atom stereocenters. The molecule has 0 spiro atoms. The minimum absolute atomic E-state index is 0.0531. The Morgan fingerprint density at radius 3 is 2.35 bits per heavy atom. The molecule has 49 heavy (non-hydrogen) atoms. The Labute approximate surface area is 287 Å². The second-order valence-electron chi connectivity index (χ2n) is 14.4. The van der Waals surface area contributed by atoms with Crippen molar-refractivity contribution in [2.24, 2.45) is 23.0 Å². The van der Waals surface area contributed by atoms with Crippen molar-refractivity contribution in [1.82, 2.24) is 20.5 Å². The lowest BCUT2D eigenvalue weighted by atomic mass is 9.86. The number of nitrogens with zero attached hydrogens (tertiary/aromatic N) is 1. The van der Waals surface area contributed by atoms with E-state index in [4.69, 9.17) is 5.73 Å². The molecule has 264 valence electrons. The number of likely N-dealkylation sites (tertiary alicyclic amines) is 1. The molecule has 3 amide bonds. The van der Waals surface area contributed by atoms with Gasteiger partial charge < -0.3 is 31.4 Å². The van der Waals surface area contributed by atoms with Crippen LogP contribution >= 0.6 is 0 Å². The van der Waals surface area contributed by atoms with Gasteiger partial charge in [-0.25, -0.2) is 9.18 Å². The standard InChI is InChI=1S/C38H50FN5O5/c1-23(2)32(43-35(46)33(40)38(3,4)5)28(39)20-25(19-24-13-7-6-8-14-24)36(47)44-18-12-11-17-31(44)34(45)42-30(37(48)49)21-26-22-41-29-16-10-9-15-27(26)29/h6-10,13-16,20,22-23,25,30-33,41H,11-12,17-19,21,40H2,1-5H3,(H,42,45)(H,43,46)(H,48,49)/b28-20-/t25-,30+,31+,32+,33-/m1/s1. The number of aliphatic carboxylic acids is 1. The Bertz CT molecular complexity index is 1650. The maximum atomic E-state index is 16.2. The summed E-state index contributed by atoms with van der Waals surface area (Å²) in [5.74, 6) is -4.69. The molecule has 1 aliphatic rings. The van der Waals surface area contributed by atoms with Crippen LogP contribution in [0, 0.1) is 17.3 Å². The number of nitrogens with two attached hydrogens (primary N) is 1. The molecule has 11 heteroatoms. The zero-order valence-electron chi connectivity index (χ0n) is 29.0. The number of fused-ring (bicyclic) bond motifs is 1. The number of hydrogen-bond acceptors (Lipinski definition) is 5. The fourth-order valence-electron chi connectivity index (χ4n) is 6.24. The van der Waals surface area contributed by atoms with Gasteiger partial charge in [0, 0.05) is 30.1 Å². The van der Waals surface area contributed by atoms with Crippen molar-refractivity contribution in [3.05, 3.63) is 83.8 Å². The molecule has 1 aliphatic heterocycles. The molecule has 1 fully saturated rings. The van der Waals surface area contributed by atoms with Crippen molar-refractivity contribution < 1.29 is 28.7 Å². The highest BCUT2D eigenvalue weighted by Gasteiger charge is 2.38. The highest BCUT2D eigenvalue weighted by molar-refractivity contribution is 5.92. The second kappa shape index (κ2) is 16.3. The summed E-state index contributed by atoms with van der Waals surface area (Å²) in [6.07, 6.45) is 4.87. The third-order valence-electron chi connectivity index (χ3n) is 9.26. The summed E-state index contributed by atoms with van der Waals surface area (Å²) in [7, 11) is 0. The summed E-state index contributed by atoms with van der Waals surface area (Å²) in [6, 6.07) is 12.7. The third-order valence-corrected chi connectivity index (χ3v) is 9.26. The van der Waals surface area contributed by atoms with Crippen LogP contribution in [0.5, 0.6) is 0 Å². The van der Waals surface area contributed by atoms with Gasteiger partial charge in [0.25, 0.3) is 0 Å². The Hall–Kier alpha value is -4.51. The summed E-state index contributed by atoms with van der Waals surface area (Å²) in [5, 5.41) is 16.4. The van der Waals surface area contributed by atoms with Crippen molar-refractivity contribution in [2.75, 3.05) is 6.54 Å². The van der Waals surface area contributed by atoms with Crippen LogP contribution in [0.25, 0.3) is 10.9 Å². The number of nitrogens with one attached hydrogen (secondary N) is 3. The van der Waals surface area contributed by atoms with Crippen molar-refractivity contribution in [3.63, 3.8) is 0 Å². The number of aromatic nitrogens is 1. The zero-order valence-corrected chi connectivity index (χ0v) is 29.0. The van der Waals surface area contributed by atoms with Gasteiger partial charge in [0.05, 0.1) is 18.0 Å². The van der Waals surface area contributed by atoms with Crippen LogP contribution in [0.3, 0.4) is 0 Å². The van der Waals surface area contributed by atoms with Crippen molar-refractivity contribution in [2.45, 2.75) is 90.9 Å². The molecule has 1 aromatic heterocycles. The molecule has 0 saturated carbocycles. The average molecular weight is 676 g/mol. The van der Waals surface area contributed by atoms with Crippen LogP contribution in [0.2, 0.25) is 0 Å². The van der Waals surface area contributed by atoms with Gasteiger partial charge >= 0.3 is 5.97 Å². The van der Waals surface area contributed by atoms with Crippen molar-refractivity contribution in [1.29, 1.82) is 0 Å². The predicted molar refractivity (Wildman–Crippen MR) is 188 cm³/mol. The van der Waals surface area contributed by atoms with Crippen LogP contribution in [-0.2, 0) is 32.0 Å². The van der Waals surface area contributed by atoms with E-state index in [2.05, 4.69) is 15.6 Å². The number of para-hydroxylation sites is 1. The average Bonchev–Trinajstić information content (AvgIpc) is 3.48. The topological polar surface area (TPSA) is 158 Å². The van der Waals surface area contributed by atoms with E-state index in [0.29, 0.717) is 19.3 Å². The lowest BCUT2D eigenvalue weighted by Gasteiger charge is -2.37. The van der Waals surface area contributed by atoms with E-state index in [-0.39, 0.29) is 25.3 Å². The number of hydrogen-bond donors (Lipinski definition) is 5. The number of carbonyl (C=O) groups excluding carboxylic acids is 3. The summed E-state index contributed by atoms with van der Waals surface area (Å²) in [6.45, 7) is 9.30. The number of benzene rings is 2. The lowest BCUT2D eigenvalue weighted by molar-refractivity contribution is -0.147. The Morgan fingerprint density at radius 2 is 1.69 bits per heavy atom. The maximum absolute atomic E-state index is 16.2. The number of amides is 3. The highest BCUT2D eigenvalue weighted by Crippen LogP contribution is 2.26. The fraction of sp³-hybridized carbons (Fsp3) is 0.474. The number of H-pyrrole nitrogens is 1. The lowest BCUT2D eigenvalue weighted by Crippen LogP contribution is -2.56. The van der Waals surface area contributed by atoms with Gasteiger partial charge in [0.15, 0.2) is 0 Å². The predicted octanol–water partition coefficient (Wildman–Crippen LogP) is 4.89. The van der Waals surface area contributed by atoms with E-state index in [9.17, 15) is 24.3 Å². The molecule has 2 heterocycles. The van der Waals surface area contributed by atoms with Gasteiger partial charge in [-0.05, 0) is 60.3 Å². The minimum Gasteiger partial charge on any atom is -0.480 e. The molecule has 0 bridgehead atoms. The fourth-order valence-corrected chi connectivity index (χ4v) is 6.24. The molecule has 1 saturated heterocycles. The minimum atomic E-state index is -1.22. The molecular formula is C38H50FN5O5. The van der Waals surface area contributed by atoms with Gasteiger partial charge in [-0.15, -0.1) is 0 Å². The maximum Gasteiger partial charge on any atom is 0.326 e. The number of carboxylic acid groups (broad SMARTS) is 1.